The molecule has 0 aromatic heterocycles. The first kappa shape index (κ1) is 27.7. The number of rotatable bonds is 13. The van der Waals surface area contributed by atoms with Crippen molar-refractivity contribution in [1.82, 2.24) is 10.2 Å². The first-order valence-corrected chi connectivity index (χ1v) is 11.6. The summed E-state index contributed by atoms with van der Waals surface area (Å²) >= 11 is 0. The number of urea groups is 1. The van der Waals surface area contributed by atoms with Crippen LogP contribution in [0.25, 0.3) is 0 Å². The zero-order chi connectivity index (χ0) is 25.6. The maximum Gasteiger partial charge on any atom is 0.328 e. The number of ether oxygens (including phenoxy) is 3. The van der Waals surface area contributed by atoms with E-state index in [1.54, 1.807) is 12.1 Å². The quantitative estimate of drug-likeness (QED) is 0.418. The van der Waals surface area contributed by atoms with Crippen LogP contribution >= 0.6 is 0 Å². The number of hydrogen-bond acceptors (Lipinski definition) is 7. The van der Waals surface area contributed by atoms with E-state index in [0.29, 0.717) is 12.3 Å². The number of benzene rings is 2. The molecule has 2 aromatic carbocycles. The molecule has 190 valence electrons. The third-order valence-corrected chi connectivity index (χ3v) is 5.45. The Hall–Kier alpha value is -3.59. The van der Waals surface area contributed by atoms with Crippen molar-refractivity contribution in [3.63, 3.8) is 0 Å². The summed E-state index contributed by atoms with van der Waals surface area (Å²) in [6.45, 7) is 2.54. The van der Waals surface area contributed by atoms with Gasteiger partial charge in [-0.2, -0.15) is 0 Å². The molecule has 0 aliphatic heterocycles. The highest BCUT2D eigenvalue weighted by atomic mass is 16.5. The fourth-order valence-corrected chi connectivity index (χ4v) is 3.43. The lowest BCUT2D eigenvalue weighted by Crippen LogP contribution is -2.51. The second-order valence-corrected chi connectivity index (χ2v) is 8.04. The van der Waals surface area contributed by atoms with E-state index >= 15 is 0 Å². The molecule has 0 fully saturated rings. The van der Waals surface area contributed by atoms with Crippen LogP contribution in [0.3, 0.4) is 0 Å². The number of para-hydroxylation sites is 1. The Kier molecular flexibility index (Phi) is 11.6. The van der Waals surface area contributed by atoms with Gasteiger partial charge in [0.05, 0.1) is 20.1 Å². The molecule has 0 saturated heterocycles. The highest BCUT2D eigenvalue weighted by Gasteiger charge is 2.28. The second kappa shape index (κ2) is 14.6. The van der Waals surface area contributed by atoms with Crippen LogP contribution in [0, 0.1) is 5.92 Å². The van der Waals surface area contributed by atoms with Gasteiger partial charge in [-0.3, -0.25) is 4.79 Å². The number of hydrogen-bond donors (Lipinski definition) is 2. The van der Waals surface area contributed by atoms with E-state index in [4.69, 9.17) is 19.9 Å². The van der Waals surface area contributed by atoms with Crippen molar-refractivity contribution < 1.29 is 28.6 Å². The number of amides is 2. The topological polar surface area (TPSA) is 120 Å². The van der Waals surface area contributed by atoms with Crippen LogP contribution in [-0.2, 0) is 25.5 Å². The van der Waals surface area contributed by atoms with E-state index in [9.17, 15) is 14.4 Å². The zero-order valence-electron chi connectivity index (χ0n) is 20.6. The molecule has 9 nitrogen and oxygen atoms in total. The van der Waals surface area contributed by atoms with Crippen LogP contribution in [0.5, 0.6) is 11.5 Å². The van der Waals surface area contributed by atoms with Gasteiger partial charge in [-0.05, 0) is 36.2 Å². The predicted molar refractivity (Wildman–Crippen MR) is 132 cm³/mol. The van der Waals surface area contributed by atoms with Crippen LogP contribution in [0.1, 0.15) is 25.3 Å². The summed E-state index contributed by atoms with van der Waals surface area (Å²) in [5, 5.41) is 2.75. The molecule has 0 unspecified atom stereocenters. The van der Waals surface area contributed by atoms with E-state index in [2.05, 4.69) is 5.32 Å². The summed E-state index contributed by atoms with van der Waals surface area (Å²) in [6.07, 6.45) is 1.81. The van der Waals surface area contributed by atoms with Crippen molar-refractivity contribution >= 4 is 18.0 Å². The summed E-state index contributed by atoms with van der Waals surface area (Å²) in [6, 6.07) is 15.3. The van der Waals surface area contributed by atoms with E-state index in [1.807, 2.05) is 49.4 Å². The fraction of sp³-hybridized carbons (Fsp3) is 0.423. The molecule has 0 aliphatic carbocycles. The normalized spacial score (nSPS) is 12.2. The average Bonchev–Trinajstić information content (AvgIpc) is 2.89. The van der Waals surface area contributed by atoms with Crippen LogP contribution < -0.4 is 15.8 Å². The van der Waals surface area contributed by atoms with Gasteiger partial charge < -0.3 is 30.2 Å². The Balaban J connectivity index is 2.10. The van der Waals surface area contributed by atoms with Crippen molar-refractivity contribution in [2.45, 2.75) is 32.2 Å². The largest absolute Gasteiger partial charge is 0.469 e. The van der Waals surface area contributed by atoms with Gasteiger partial charge in [0.2, 0.25) is 0 Å². The lowest BCUT2D eigenvalue weighted by molar-refractivity contribution is -0.146. The number of nitrogens with zero attached hydrogens (tertiary/aromatic N) is 1. The van der Waals surface area contributed by atoms with Gasteiger partial charge in [-0.1, -0.05) is 43.7 Å². The molecule has 0 radical (unpaired) electrons. The Bertz CT molecular complexity index is 936. The van der Waals surface area contributed by atoms with Gasteiger partial charge in [0.1, 0.15) is 17.5 Å². The molecule has 2 atom stereocenters. The smallest absolute Gasteiger partial charge is 0.328 e. The maximum atomic E-state index is 13.1. The van der Waals surface area contributed by atoms with Gasteiger partial charge in [0, 0.05) is 26.1 Å². The standard InChI is InChI=1S/C26H35N3O6/c1-4-5-15-29(18-20(17-27)24(30)33-2)26(32)28-23(25(31)34-3)16-19-11-13-22(14-12-19)35-21-9-7-6-8-10-21/h6-14,20,23H,4-5,15-18,27H2,1-3H3,(H,28,32)/t20-,23+/m1/s1. The lowest BCUT2D eigenvalue weighted by Gasteiger charge is -2.28. The van der Waals surface area contributed by atoms with E-state index < -0.39 is 29.9 Å². The van der Waals surface area contributed by atoms with E-state index in [0.717, 1.165) is 24.2 Å². The summed E-state index contributed by atoms with van der Waals surface area (Å²) in [4.78, 5) is 39.0. The number of carbonyl (C=O) groups is 3. The molecule has 35 heavy (non-hydrogen) atoms. The van der Waals surface area contributed by atoms with Crippen molar-refractivity contribution in [1.29, 1.82) is 0 Å². The van der Waals surface area contributed by atoms with Gasteiger partial charge in [0.25, 0.3) is 0 Å². The monoisotopic (exact) mass is 485 g/mol. The molecule has 2 aromatic rings. The number of carbonyl (C=O) groups excluding carboxylic acids is 3. The summed E-state index contributed by atoms with van der Waals surface area (Å²) in [5.74, 6) is -0.336. The first-order valence-electron chi connectivity index (χ1n) is 11.6. The molecule has 2 rings (SSSR count). The van der Waals surface area contributed by atoms with Gasteiger partial charge in [-0.25, -0.2) is 9.59 Å². The van der Waals surface area contributed by atoms with Crippen molar-refractivity contribution in [3.05, 3.63) is 60.2 Å². The zero-order valence-corrected chi connectivity index (χ0v) is 20.6. The van der Waals surface area contributed by atoms with E-state index in [-0.39, 0.29) is 19.5 Å². The molecule has 0 bridgehead atoms. The van der Waals surface area contributed by atoms with Crippen LogP contribution in [0.15, 0.2) is 54.6 Å². The number of esters is 2. The summed E-state index contributed by atoms with van der Waals surface area (Å²) in [5.41, 5.74) is 6.53. The third-order valence-electron chi connectivity index (χ3n) is 5.45. The summed E-state index contributed by atoms with van der Waals surface area (Å²) in [7, 11) is 2.56. The Morgan fingerprint density at radius 2 is 1.57 bits per heavy atom. The number of nitrogens with two attached hydrogens (primary N) is 1. The molecule has 0 saturated carbocycles. The van der Waals surface area contributed by atoms with Gasteiger partial charge >= 0.3 is 18.0 Å². The molecular weight excluding hydrogens is 450 g/mol. The molecule has 0 aliphatic rings. The fourth-order valence-electron chi connectivity index (χ4n) is 3.43. The van der Waals surface area contributed by atoms with Gasteiger partial charge in [-0.15, -0.1) is 0 Å². The van der Waals surface area contributed by atoms with Crippen LogP contribution in [0.2, 0.25) is 0 Å². The molecule has 0 spiro atoms. The highest BCUT2D eigenvalue weighted by Crippen LogP contribution is 2.21. The van der Waals surface area contributed by atoms with E-state index in [1.165, 1.54) is 19.1 Å². The molecular formula is C26H35N3O6. The first-order chi connectivity index (χ1) is 16.9. The van der Waals surface area contributed by atoms with Crippen LogP contribution in [-0.4, -0.2) is 62.8 Å². The minimum Gasteiger partial charge on any atom is -0.469 e. The summed E-state index contributed by atoms with van der Waals surface area (Å²) < 4.78 is 15.5. The highest BCUT2D eigenvalue weighted by molar-refractivity contribution is 5.84. The Morgan fingerprint density at radius 1 is 0.943 bits per heavy atom. The number of methoxy groups -OCH3 is 2. The van der Waals surface area contributed by atoms with Crippen molar-refractivity contribution in [2.75, 3.05) is 33.9 Å². The average molecular weight is 486 g/mol. The molecule has 0 heterocycles. The third kappa shape index (κ3) is 8.94. The molecule has 9 heteroatoms. The lowest BCUT2D eigenvalue weighted by atomic mass is 10.1. The SMILES string of the molecule is CCCCN(C[C@@H](CN)C(=O)OC)C(=O)N[C@@H](Cc1ccc(Oc2ccccc2)cc1)C(=O)OC. The second-order valence-electron chi connectivity index (χ2n) is 8.04. The number of nitrogens with one attached hydrogen (secondary N) is 1. The van der Waals surface area contributed by atoms with Crippen molar-refractivity contribution in [3.8, 4) is 11.5 Å². The molecule has 3 N–H and O–H groups in total. The van der Waals surface area contributed by atoms with Crippen LogP contribution in [0.4, 0.5) is 4.79 Å². The maximum absolute atomic E-state index is 13.1. The van der Waals surface area contributed by atoms with Gasteiger partial charge in [0.15, 0.2) is 0 Å². The number of unbranched alkanes of at least 4 members (excludes halogenated alkanes) is 1. The molecule has 2 amide bonds. The van der Waals surface area contributed by atoms with Crippen molar-refractivity contribution in [2.24, 2.45) is 11.7 Å². The minimum absolute atomic E-state index is 0.0421. The predicted octanol–water partition coefficient (Wildman–Crippen LogP) is 3.12. The Labute approximate surface area is 206 Å². The minimum atomic E-state index is -0.910. The Morgan fingerprint density at radius 3 is 2.14 bits per heavy atom.